The standard InChI is InChI=1S/C41H48F3N5O9S/c1-37(2,3)58-36(53)46-29-12-10-8-6-7-9-11-24-15-18-40(24,35(52)48-59(54,55)38(4)19-20-38)47-33(50)30-22-39(23-49(30)34(29)51)17-16-26-27-21-25(56-5)13-14-28(27)45-32(31(26)57-39)41(42,43)44/h9,11,13-14,21,24,29-30H,6-8,10,12,16-17,19-20,22-23H2,1-5H3,(H,46,53)(H,47,50)(H,48,52). The van der Waals surface area contributed by atoms with E-state index < -0.39 is 90.9 Å². The lowest BCUT2D eigenvalue weighted by Crippen LogP contribution is -2.68. The molecular weight excluding hydrogens is 796 g/mol. The van der Waals surface area contributed by atoms with Crippen LogP contribution in [0.25, 0.3) is 10.9 Å². The predicted molar refractivity (Wildman–Crippen MR) is 207 cm³/mol. The van der Waals surface area contributed by atoms with Crippen molar-refractivity contribution in [3.63, 3.8) is 0 Å². The molecule has 1 saturated carbocycles. The first-order chi connectivity index (χ1) is 27.6. The fraction of sp³-hybridized carbons (Fsp3) is 0.585. The molecule has 1 aromatic heterocycles. The van der Waals surface area contributed by atoms with E-state index in [0.29, 0.717) is 49.7 Å². The topological polar surface area (TPSA) is 182 Å². The number of alkyl halides is 3. The van der Waals surface area contributed by atoms with E-state index >= 15 is 0 Å². The Kier molecular flexibility index (Phi) is 10.6. The third kappa shape index (κ3) is 8.14. The number of methoxy groups -OCH3 is 1. The van der Waals surface area contributed by atoms with Crippen LogP contribution in [0.3, 0.4) is 0 Å². The van der Waals surface area contributed by atoms with Crippen molar-refractivity contribution in [3.8, 4) is 23.3 Å². The third-order valence-corrected chi connectivity index (χ3v) is 13.9. The fourth-order valence-electron chi connectivity index (χ4n) is 8.09. The summed E-state index contributed by atoms with van der Waals surface area (Å²) in [6, 6.07) is 1.82. The Balaban J connectivity index is 1.29. The molecule has 1 aromatic carbocycles. The number of carbonyl (C=O) groups is 4. The van der Waals surface area contributed by atoms with Gasteiger partial charge in [-0.05, 0) is 90.8 Å². The van der Waals surface area contributed by atoms with Crippen LogP contribution in [0.5, 0.6) is 11.5 Å². The van der Waals surface area contributed by atoms with Crippen molar-refractivity contribution in [1.82, 2.24) is 25.2 Å². The molecule has 2 aromatic rings. The van der Waals surface area contributed by atoms with Crippen molar-refractivity contribution in [2.75, 3.05) is 13.7 Å². The van der Waals surface area contributed by atoms with Gasteiger partial charge < -0.3 is 29.7 Å². The summed E-state index contributed by atoms with van der Waals surface area (Å²) in [5, 5.41) is 5.71. The molecule has 4 heterocycles. The molecule has 2 aliphatic carbocycles. The van der Waals surface area contributed by atoms with Crippen LogP contribution < -0.4 is 24.8 Å². The van der Waals surface area contributed by atoms with Gasteiger partial charge in [-0.25, -0.2) is 22.9 Å². The van der Waals surface area contributed by atoms with E-state index in [-0.39, 0.29) is 43.3 Å². The van der Waals surface area contributed by atoms with Crippen LogP contribution >= 0.6 is 0 Å². The number of aromatic nitrogens is 1. The van der Waals surface area contributed by atoms with Crippen molar-refractivity contribution in [2.45, 2.75) is 132 Å². The number of benzene rings is 1. The van der Waals surface area contributed by atoms with E-state index in [1.54, 1.807) is 39.0 Å². The number of nitrogens with one attached hydrogen (secondary N) is 3. The molecule has 1 saturated heterocycles. The van der Waals surface area contributed by atoms with Crippen LogP contribution in [-0.2, 0) is 41.7 Å². The first-order valence-corrected chi connectivity index (χ1v) is 21.2. The Morgan fingerprint density at radius 3 is 2.49 bits per heavy atom. The monoisotopic (exact) mass is 843 g/mol. The number of sulfonamides is 1. The first-order valence-electron chi connectivity index (χ1n) is 19.7. The van der Waals surface area contributed by atoms with Gasteiger partial charge in [0.25, 0.3) is 5.91 Å². The van der Waals surface area contributed by atoms with E-state index in [1.807, 2.05) is 0 Å². The summed E-state index contributed by atoms with van der Waals surface area (Å²) in [6.07, 6.45) is 0.510. The van der Waals surface area contributed by atoms with Gasteiger partial charge in [-0.1, -0.05) is 36.8 Å². The summed E-state index contributed by atoms with van der Waals surface area (Å²) in [6.45, 7) is 6.10. The Morgan fingerprint density at radius 2 is 1.85 bits per heavy atom. The number of aryl methyl sites for hydroxylation is 1. The summed E-state index contributed by atoms with van der Waals surface area (Å²) in [5.41, 5.74) is -5.50. The van der Waals surface area contributed by atoms with Crippen molar-refractivity contribution < 1.29 is 55.0 Å². The highest BCUT2D eigenvalue weighted by Crippen LogP contribution is 2.49. The molecule has 59 heavy (non-hydrogen) atoms. The number of pyridine rings is 1. The zero-order chi connectivity index (χ0) is 42.8. The van der Waals surface area contributed by atoms with E-state index in [4.69, 9.17) is 14.2 Å². The molecule has 0 radical (unpaired) electrons. The highest BCUT2D eigenvalue weighted by atomic mass is 32.2. The number of allylic oxidation sites excluding steroid dienone is 1. The van der Waals surface area contributed by atoms with Gasteiger partial charge in [-0.3, -0.25) is 14.4 Å². The second-order valence-corrected chi connectivity index (χ2v) is 19.5. The summed E-state index contributed by atoms with van der Waals surface area (Å²) >= 11 is 0. The maximum absolute atomic E-state index is 14.8. The summed E-state index contributed by atoms with van der Waals surface area (Å²) < 4.78 is 88.9. The van der Waals surface area contributed by atoms with Gasteiger partial charge in [0.05, 0.1) is 29.8 Å². The molecule has 0 bridgehead atoms. The number of fused-ring (bicyclic) bond motifs is 5. The number of nitrogens with zero attached hydrogens (tertiary/aromatic N) is 2. The number of alkyl carbamates (subject to hydrolysis) is 1. The molecule has 3 aliphatic heterocycles. The molecule has 3 N–H and O–H groups in total. The normalized spacial score (nSPS) is 27.9. The minimum Gasteiger partial charge on any atom is -0.497 e. The van der Waals surface area contributed by atoms with Crippen LogP contribution in [-0.4, -0.2) is 89.3 Å². The Bertz CT molecular complexity index is 2300. The number of ether oxygens (including phenoxy) is 3. The van der Waals surface area contributed by atoms with Gasteiger partial charge in [0.1, 0.15) is 29.0 Å². The molecule has 5 aliphatic rings. The molecule has 1 spiro atoms. The molecule has 5 atom stereocenters. The molecule has 18 heteroatoms. The van der Waals surface area contributed by atoms with Gasteiger partial charge in [0.15, 0.2) is 17.0 Å². The first kappa shape index (κ1) is 42.1. The van der Waals surface area contributed by atoms with Crippen molar-refractivity contribution in [2.24, 2.45) is 5.92 Å². The number of rotatable bonds is 5. The quantitative estimate of drug-likeness (QED) is 0.279. The van der Waals surface area contributed by atoms with Gasteiger partial charge in [0.2, 0.25) is 21.8 Å². The van der Waals surface area contributed by atoms with Crippen LogP contribution in [0.1, 0.15) is 96.7 Å². The minimum atomic E-state index is -4.95. The molecule has 14 nitrogen and oxygen atoms in total. The average Bonchev–Trinajstić information content (AvgIpc) is 3.81. The van der Waals surface area contributed by atoms with Gasteiger partial charge >= 0.3 is 12.3 Å². The van der Waals surface area contributed by atoms with Crippen LogP contribution in [0.15, 0.2) is 30.4 Å². The largest absolute Gasteiger partial charge is 0.497 e. The average molecular weight is 844 g/mol. The van der Waals surface area contributed by atoms with Crippen molar-refractivity contribution in [3.05, 3.63) is 41.6 Å². The van der Waals surface area contributed by atoms with E-state index in [1.165, 1.54) is 26.2 Å². The predicted octanol–water partition coefficient (Wildman–Crippen LogP) is 4.83. The Hall–Kier alpha value is -5.05. The smallest absolute Gasteiger partial charge is 0.437 e. The Labute approximate surface area is 340 Å². The van der Waals surface area contributed by atoms with E-state index in [9.17, 15) is 40.8 Å². The summed E-state index contributed by atoms with van der Waals surface area (Å²) in [5.74, 6) is 1.77. The molecule has 4 amide bonds. The van der Waals surface area contributed by atoms with Crippen LogP contribution in [0.4, 0.5) is 18.0 Å². The lowest BCUT2D eigenvalue weighted by atomic mass is 9.75. The fourth-order valence-corrected chi connectivity index (χ4v) is 9.38. The van der Waals surface area contributed by atoms with Crippen LogP contribution in [0, 0.1) is 17.8 Å². The molecule has 318 valence electrons. The zero-order valence-corrected chi connectivity index (χ0v) is 34.3. The van der Waals surface area contributed by atoms with E-state index in [0.717, 1.165) is 4.90 Å². The maximum Gasteiger partial charge on any atom is 0.437 e. The van der Waals surface area contributed by atoms with Gasteiger partial charge in [0, 0.05) is 17.4 Å². The third-order valence-electron chi connectivity index (χ3n) is 11.7. The summed E-state index contributed by atoms with van der Waals surface area (Å²) in [4.78, 5) is 61.7. The highest BCUT2D eigenvalue weighted by Gasteiger charge is 2.59. The molecule has 2 fully saturated rings. The lowest BCUT2D eigenvalue weighted by molar-refractivity contribution is -0.144. The maximum atomic E-state index is 14.8. The lowest BCUT2D eigenvalue weighted by Gasteiger charge is -2.38. The number of hydrogen-bond acceptors (Lipinski definition) is 10. The second kappa shape index (κ2) is 14.9. The van der Waals surface area contributed by atoms with Crippen molar-refractivity contribution in [1.29, 1.82) is 0 Å². The number of carbonyl (C=O) groups excluding carboxylic acids is 4. The van der Waals surface area contributed by atoms with Gasteiger partial charge in [-0.15, -0.1) is 0 Å². The minimum absolute atomic E-state index is 0.0435. The van der Waals surface area contributed by atoms with Gasteiger partial charge in [-0.2, -0.15) is 13.2 Å². The summed E-state index contributed by atoms with van der Waals surface area (Å²) in [7, 11) is -2.75. The van der Waals surface area contributed by atoms with E-state index in [2.05, 4.69) is 32.2 Å². The molecule has 7 rings (SSSR count). The zero-order valence-electron chi connectivity index (χ0n) is 33.5. The Morgan fingerprint density at radius 1 is 1.10 bits per heavy atom. The molecular formula is C41H48F3N5O9S. The highest BCUT2D eigenvalue weighted by molar-refractivity contribution is 7.91. The number of halogens is 3. The van der Waals surface area contributed by atoms with Crippen molar-refractivity contribution >= 4 is 44.7 Å². The SMILES string of the molecule is COc1ccc2nc(C(F)(F)F)c3c(c2c1)CCC1(CC2C(=O)NC4(C(=O)NS(=O)(=O)C5(C)CC5)C#CC4C=CCCCCCC(NC(=O)OC(C)(C)C)C(=O)N2C1)O3. The number of amides is 4. The molecule has 5 unspecified atom stereocenters. The second-order valence-electron chi connectivity index (χ2n) is 17.3. The number of hydrogen-bond donors (Lipinski definition) is 3. The van der Waals surface area contributed by atoms with Crippen LogP contribution in [0.2, 0.25) is 0 Å².